The van der Waals surface area contributed by atoms with E-state index in [1.54, 1.807) is 12.1 Å². The number of aryl methyl sites for hydroxylation is 1. The minimum absolute atomic E-state index is 0.0861. The van der Waals surface area contributed by atoms with Crippen molar-refractivity contribution in [2.24, 2.45) is 0 Å². The molecule has 5 heteroatoms. The molecule has 0 saturated carbocycles. The van der Waals surface area contributed by atoms with E-state index in [9.17, 15) is 9.90 Å². The standard InChI is InChI=1S/C21H23N3O2/c1-2-20-22-17-6-3-4-7-19(17)24(20)14-21(26)23-13-5-8-18(23)15-9-11-16(25)12-10-15/h3-4,6-7,9-12,18,25H,2,5,8,13-14H2,1H3. The number of aromatic nitrogens is 2. The quantitative estimate of drug-likeness (QED) is 0.782. The van der Waals surface area contributed by atoms with E-state index in [0.29, 0.717) is 6.54 Å². The Morgan fingerprint density at radius 2 is 1.96 bits per heavy atom. The second kappa shape index (κ2) is 6.83. The minimum atomic E-state index is 0.0861. The summed E-state index contributed by atoms with van der Waals surface area (Å²) in [6.07, 6.45) is 2.76. The van der Waals surface area contributed by atoms with Gasteiger partial charge in [-0.05, 0) is 42.7 Å². The molecule has 2 heterocycles. The van der Waals surface area contributed by atoms with Gasteiger partial charge < -0.3 is 14.6 Å². The molecule has 1 aliphatic rings. The Morgan fingerprint density at radius 3 is 2.73 bits per heavy atom. The maximum Gasteiger partial charge on any atom is 0.243 e. The van der Waals surface area contributed by atoms with Crippen molar-refractivity contribution in [3.8, 4) is 5.75 Å². The zero-order valence-electron chi connectivity index (χ0n) is 14.9. The molecule has 1 aromatic heterocycles. The number of para-hydroxylation sites is 2. The highest BCUT2D eigenvalue weighted by molar-refractivity contribution is 5.81. The number of carbonyl (C=O) groups excluding carboxylic acids is 1. The van der Waals surface area contributed by atoms with Crippen LogP contribution in [0.2, 0.25) is 0 Å². The predicted octanol–water partition coefficient (Wildman–Crippen LogP) is 3.67. The number of aromatic hydroxyl groups is 1. The highest BCUT2D eigenvalue weighted by atomic mass is 16.3. The van der Waals surface area contributed by atoms with Crippen LogP contribution in [-0.2, 0) is 17.8 Å². The summed E-state index contributed by atoms with van der Waals surface area (Å²) in [6, 6.07) is 15.3. The number of hydrogen-bond acceptors (Lipinski definition) is 3. The maximum absolute atomic E-state index is 13.1. The van der Waals surface area contributed by atoms with Crippen molar-refractivity contribution in [2.75, 3.05) is 6.54 Å². The van der Waals surface area contributed by atoms with E-state index in [-0.39, 0.29) is 17.7 Å². The van der Waals surface area contributed by atoms with Gasteiger partial charge in [0.25, 0.3) is 0 Å². The summed E-state index contributed by atoms with van der Waals surface area (Å²) in [6.45, 7) is 3.16. The molecule has 3 aromatic rings. The Bertz CT molecular complexity index is 930. The first-order chi connectivity index (χ1) is 12.7. The lowest BCUT2D eigenvalue weighted by molar-refractivity contribution is -0.132. The summed E-state index contributed by atoms with van der Waals surface area (Å²) in [5, 5.41) is 9.51. The van der Waals surface area contributed by atoms with Crippen molar-refractivity contribution in [1.82, 2.24) is 14.5 Å². The summed E-state index contributed by atoms with van der Waals surface area (Å²) < 4.78 is 2.05. The Balaban J connectivity index is 1.61. The molecule has 1 fully saturated rings. The molecule has 0 spiro atoms. The van der Waals surface area contributed by atoms with E-state index < -0.39 is 0 Å². The Hall–Kier alpha value is -2.82. The first-order valence-electron chi connectivity index (χ1n) is 9.20. The SMILES string of the molecule is CCc1nc2ccccc2n1CC(=O)N1CCCC1c1ccc(O)cc1. The maximum atomic E-state index is 13.1. The van der Waals surface area contributed by atoms with Crippen molar-refractivity contribution in [1.29, 1.82) is 0 Å². The first kappa shape index (κ1) is 16.6. The predicted molar refractivity (Wildman–Crippen MR) is 101 cm³/mol. The zero-order valence-corrected chi connectivity index (χ0v) is 14.9. The zero-order chi connectivity index (χ0) is 18.1. The van der Waals surface area contributed by atoms with Gasteiger partial charge in [-0.3, -0.25) is 4.79 Å². The molecular weight excluding hydrogens is 326 g/mol. The fourth-order valence-electron chi connectivity index (χ4n) is 3.91. The number of phenolic OH excluding ortho intramolecular Hbond substituents is 1. The summed E-state index contributed by atoms with van der Waals surface area (Å²) >= 11 is 0. The van der Waals surface area contributed by atoms with Crippen molar-refractivity contribution in [2.45, 2.75) is 38.8 Å². The van der Waals surface area contributed by atoms with Crippen LogP contribution < -0.4 is 0 Å². The van der Waals surface area contributed by atoms with E-state index in [2.05, 4.69) is 11.9 Å². The summed E-state index contributed by atoms with van der Waals surface area (Å²) in [5.41, 5.74) is 3.03. The molecule has 1 amide bonds. The van der Waals surface area contributed by atoms with Crippen LogP contribution in [0.15, 0.2) is 48.5 Å². The molecule has 0 aliphatic carbocycles. The molecule has 4 rings (SSSR count). The van der Waals surface area contributed by atoms with Crippen molar-refractivity contribution < 1.29 is 9.90 Å². The highest BCUT2D eigenvalue weighted by Gasteiger charge is 2.30. The number of nitrogens with zero attached hydrogens (tertiary/aromatic N) is 3. The minimum Gasteiger partial charge on any atom is -0.508 e. The average Bonchev–Trinajstić information content (AvgIpc) is 3.27. The molecule has 0 bridgehead atoms. The first-order valence-corrected chi connectivity index (χ1v) is 9.20. The van der Waals surface area contributed by atoms with Crippen LogP contribution in [-0.4, -0.2) is 32.0 Å². The van der Waals surface area contributed by atoms with Gasteiger partial charge in [-0.1, -0.05) is 31.2 Å². The van der Waals surface area contributed by atoms with Gasteiger partial charge in [0.2, 0.25) is 5.91 Å². The number of amides is 1. The normalized spacial score (nSPS) is 17.1. The number of imidazole rings is 1. The van der Waals surface area contributed by atoms with Crippen LogP contribution in [0, 0.1) is 0 Å². The lowest BCUT2D eigenvalue weighted by Crippen LogP contribution is -2.33. The third kappa shape index (κ3) is 2.94. The number of rotatable bonds is 4. The molecular formula is C21H23N3O2. The molecule has 134 valence electrons. The molecule has 5 nitrogen and oxygen atoms in total. The number of benzene rings is 2. The van der Waals surface area contributed by atoms with Crippen LogP contribution in [0.3, 0.4) is 0 Å². The summed E-state index contributed by atoms with van der Waals surface area (Å²) in [5.74, 6) is 1.32. The van der Waals surface area contributed by atoms with E-state index in [4.69, 9.17) is 0 Å². The summed E-state index contributed by atoms with van der Waals surface area (Å²) in [4.78, 5) is 19.7. The van der Waals surface area contributed by atoms with E-state index in [1.807, 2.05) is 45.9 Å². The Labute approximate surface area is 152 Å². The van der Waals surface area contributed by atoms with Crippen LogP contribution in [0.5, 0.6) is 5.75 Å². The molecule has 26 heavy (non-hydrogen) atoms. The monoisotopic (exact) mass is 349 g/mol. The van der Waals surface area contributed by atoms with Crippen molar-refractivity contribution in [3.05, 3.63) is 59.9 Å². The summed E-state index contributed by atoms with van der Waals surface area (Å²) in [7, 11) is 0. The van der Waals surface area contributed by atoms with E-state index in [1.165, 1.54) is 0 Å². The van der Waals surface area contributed by atoms with Gasteiger partial charge in [0.1, 0.15) is 18.1 Å². The van der Waals surface area contributed by atoms with Gasteiger partial charge >= 0.3 is 0 Å². The van der Waals surface area contributed by atoms with Gasteiger partial charge in [0.05, 0.1) is 17.1 Å². The number of carbonyl (C=O) groups is 1. The Kier molecular flexibility index (Phi) is 4.37. The van der Waals surface area contributed by atoms with Crippen LogP contribution in [0.25, 0.3) is 11.0 Å². The van der Waals surface area contributed by atoms with Crippen LogP contribution in [0.4, 0.5) is 0 Å². The second-order valence-corrected chi connectivity index (χ2v) is 6.79. The number of hydrogen-bond donors (Lipinski definition) is 1. The van der Waals surface area contributed by atoms with E-state index in [0.717, 1.165) is 48.2 Å². The molecule has 1 saturated heterocycles. The Morgan fingerprint density at radius 1 is 1.19 bits per heavy atom. The third-order valence-electron chi connectivity index (χ3n) is 5.19. The lowest BCUT2D eigenvalue weighted by Gasteiger charge is -2.26. The van der Waals surface area contributed by atoms with Gasteiger partial charge in [-0.15, -0.1) is 0 Å². The average molecular weight is 349 g/mol. The molecule has 0 radical (unpaired) electrons. The molecule has 1 aliphatic heterocycles. The van der Waals surface area contributed by atoms with Crippen LogP contribution in [0.1, 0.15) is 37.2 Å². The van der Waals surface area contributed by atoms with Gasteiger partial charge in [-0.2, -0.15) is 0 Å². The van der Waals surface area contributed by atoms with Crippen molar-refractivity contribution >= 4 is 16.9 Å². The van der Waals surface area contributed by atoms with E-state index >= 15 is 0 Å². The highest BCUT2D eigenvalue weighted by Crippen LogP contribution is 2.33. The fraction of sp³-hybridized carbons (Fsp3) is 0.333. The largest absolute Gasteiger partial charge is 0.508 e. The van der Waals surface area contributed by atoms with Crippen LogP contribution >= 0.6 is 0 Å². The molecule has 2 aromatic carbocycles. The topological polar surface area (TPSA) is 58.4 Å². The molecule has 1 unspecified atom stereocenters. The lowest BCUT2D eigenvalue weighted by atomic mass is 10.0. The smallest absolute Gasteiger partial charge is 0.243 e. The van der Waals surface area contributed by atoms with Gasteiger partial charge in [0, 0.05) is 13.0 Å². The number of phenols is 1. The third-order valence-corrected chi connectivity index (χ3v) is 5.19. The fourth-order valence-corrected chi connectivity index (χ4v) is 3.91. The molecule has 1 N–H and O–H groups in total. The van der Waals surface area contributed by atoms with Gasteiger partial charge in [0.15, 0.2) is 0 Å². The molecule has 1 atom stereocenters. The number of fused-ring (bicyclic) bond motifs is 1. The number of likely N-dealkylation sites (tertiary alicyclic amines) is 1. The van der Waals surface area contributed by atoms with Gasteiger partial charge in [-0.25, -0.2) is 4.98 Å². The second-order valence-electron chi connectivity index (χ2n) is 6.79. The van der Waals surface area contributed by atoms with Crippen molar-refractivity contribution in [3.63, 3.8) is 0 Å².